The first-order valence-electron chi connectivity index (χ1n) is 24.9. The molecule has 72 heavy (non-hydrogen) atoms. The van der Waals surface area contributed by atoms with Gasteiger partial charge in [-0.25, -0.2) is 4.79 Å². The number of fused-ring (bicyclic) bond motifs is 2. The topological polar surface area (TPSA) is 128 Å². The lowest BCUT2D eigenvalue weighted by molar-refractivity contribution is -0.144. The molecule has 4 aliphatic rings. The van der Waals surface area contributed by atoms with E-state index < -0.39 is 12.1 Å². The summed E-state index contributed by atoms with van der Waals surface area (Å²) in [5.74, 6) is 0.376. The van der Waals surface area contributed by atoms with Gasteiger partial charge in [-0.1, -0.05) is 70.7 Å². The van der Waals surface area contributed by atoms with Crippen LogP contribution in [-0.4, -0.2) is 144 Å². The minimum atomic E-state index is -0.698. The number of amides is 3. The maximum atomic E-state index is 13.1. The third-order valence-corrected chi connectivity index (χ3v) is 15.3. The van der Waals surface area contributed by atoms with Crippen molar-refractivity contribution in [3.63, 3.8) is 0 Å². The van der Waals surface area contributed by atoms with Crippen molar-refractivity contribution in [1.82, 2.24) is 14.7 Å². The molecule has 15 nitrogen and oxygen atoms in total. The van der Waals surface area contributed by atoms with Crippen LogP contribution >= 0.6 is 46.4 Å². The first kappa shape index (κ1) is 53.1. The minimum Gasteiger partial charge on any atom is -0.494 e. The molecule has 4 heterocycles. The number of esters is 1. The highest BCUT2D eigenvalue weighted by molar-refractivity contribution is 6.44. The van der Waals surface area contributed by atoms with E-state index in [1.54, 1.807) is 12.1 Å². The molecule has 0 bridgehead atoms. The number of hydrogen-bond acceptors (Lipinski definition) is 12. The Bertz CT molecular complexity index is 2540. The fourth-order valence-electron chi connectivity index (χ4n) is 9.44. The molecule has 0 unspecified atom stereocenters. The van der Waals surface area contributed by atoms with E-state index in [1.165, 1.54) is 21.7 Å². The Morgan fingerprint density at radius 1 is 0.556 bits per heavy atom. The molecular weight excluding hydrogens is 1000 g/mol. The van der Waals surface area contributed by atoms with E-state index in [2.05, 4.69) is 19.6 Å². The Morgan fingerprint density at radius 2 is 1.01 bits per heavy atom. The highest BCUT2D eigenvalue weighted by Crippen LogP contribution is 2.36. The maximum Gasteiger partial charge on any atom is 0.411 e. The zero-order valence-electron chi connectivity index (χ0n) is 40.8. The van der Waals surface area contributed by atoms with Crippen LogP contribution in [0.25, 0.3) is 0 Å². The second-order valence-electron chi connectivity index (χ2n) is 18.5. The summed E-state index contributed by atoms with van der Waals surface area (Å²) >= 11 is 25.4. The van der Waals surface area contributed by atoms with Crippen LogP contribution < -0.4 is 29.1 Å². The van der Waals surface area contributed by atoms with Crippen molar-refractivity contribution in [2.75, 3.05) is 125 Å². The summed E-state index contributed by atoms with van der Waals surface area (Å²) in [5.41, 5.74) is 5.17. The lowest BCUT2D eigenvalue weighted by Gasteiger charge is -2.36. The second kappa shape index (κ2) is 25.7. The van der Waals surface area contributed by atoms with Gasteiger partial charge in [-0.15, -0.1) is 0 Å². The van der Waals surface area contributed by atoms with Gasteiger partial charge in [0.25, 0.3) is 0 Å². The van der Waals surface area contributed by atoms with Crippen molar-refractivity contribution < 1.29 is 38.1 Å². The molecule has 386 valence electrons. The minimum absolute atomic E-state index is 0.00485. The Kier molecular flexibility index (Phi) is 18.9. The molecule has 0 N–H and O–H groups in total. The molecule has 0 aromatic heterocycles. The van der Waals surface area contributed by atoms with Crippen molar-refractivity contribution in [3.05, 3.63) is 104 Å². The van der Waals surface area contributed by atoms with Crippen LogP contribution in [0.15, 0.2) is 72.8 Å². The van der Waals surface area contributed by atoms with E-state index in [0.717, 1.165) is 114 Å². The number of nitrogens with zero attached hydrogens (tertiary/aromatic N) is 7. The maximum absolute atomic E-state index is 13.1. The van der Waals surface area contributed by atoms with E-state index in [1.807, 2.05) is 60.7 Å². The van der Waals surface area contributed by atoms with Crippen molar-refractivity contribution in [2.24, 2.45) is 0 Å². The van der Waals surface area contributed by atoms with E-state index in [4.69, 9.17) is 65.4 Å². The molecular formula is C53H63Cl4N7O8. The third-order valence-electron chi connectivity index (χ3n) is 13.7. The van der Waals surface area contributed by atoms with Crippen molar-refractivity contribution in [3.8, 4) is 11.5 Å². The Morgan fingerprint density at radius 3 is 1.49 bits per heavy atom. The zero-order chi connectivity index (χ0) is 50.6. The van der Waals surface area contributed by atoms with Crippen LogP contribution in [-0.2, 0) is 36.7 Å². The fourth-order valence-corrected chi connectivity index (χ4v) is 10.3. The predicted octanol–water partition coefficient (Wildman–Crippen LogP) is 9.44. The number of halogens is 4. The van der Waals surface area contributed by atoms with Crippen LogP contribution in [0.3, 0.4) is 0 Å². The highest BCUT2D eigenvalue weighted by atomic mass is 35.5. The van der Waals surface area contributed by atoms with E-state index in [-0.39, 0.29) is 44.7 Å². The number of benzene rings is 4. The number of anilines is 4. The summed E-state index contributed by atoms with van der Waals surface area (Å²) in [6.45, 7) is 9.71. The van der Waals surface area contributed by atoms with Gasteiger partial charge in [0.05, 0.1) is 62.5 Å². The second-order valence-corrected chi connectivity index (χ2v) is 20.1. The third kappa shape index (κ3) is 13.9. The molecule has 3 amide bonds. The summed E-state index contributed by atoms with van der Waals surface area (Å²) in [6, 6.07) is 22.9. The van der Waals surface area contributed by atoms with Crippen molar-refractivity contribution >= 4 is 93.0 Å². The zero-order valence-corrected chi connectivity index (χ0v) is 43.8. The van der Waals surface area contributed by atoms with Crippen LogP contribution in [0.1, 0.15) is 56.1 Å². The van der Waals surface area contributed by atoms with Crippen LogP contribution in [0.4, 0.5) is 27.5 Å². The number of carbonyl (C=O) groups excluding carboxylic acids is 4. The first-order valence-corrected chi connectivity index (χ1v) is 26.4. The number of ether oxygens (including phenoxy) is 4. The van der Waals surface area contributed by atoms with Gasteiger partial charge in [-0.05, 0) is 99.1 Å². The molecule has 4 aliphatic heterocycles. The summed E-state index contributed by atoms with van der Waals surface area (Å²) in [4.78, 5) is 65.8. The van der Waals surface area contributed by atoms with Gasteiger partial charge in [0.15, 0.2) is 13.5 Å². The Hall–Kier alpha value is -5.16. The number of aryl methyl sites for hydroxylation is 2. The fraction of sp³-hybridized carbons (Fsp3) is 0.472. The number of rotatable bonds is 21. The summed E-state index contributed by atoms with van der Waals surface area (Å²) < 4.78 is 23.4. The van der Waals surface area contributed by atoms with Gasteiger partial charge >= 0.3 is 12.1 Å². The number of hydrogen-bond donors (Lipinski definition) is 0. The van der Waals surface area contributed by atoms with Crippen molar-refractivity contribution in [2.45, 2.75) is 57.8 Å². The molecule has 2 fully saturated rings. The molecule has 4 aromatic carbocycles. The number of piperazine rings is 2. The number of unbranched alkanes of at least 4 members (excludes halogenated alkanes) is 2. The van der Waals surface area contributed by atoms with Crippen LogP contribution in [0.2, 0.25) is 20.1 Å². The SMILES string of the molecule is CN(CCC(=O)OCN1C(=O)CCc2ccc(OCCCCN3CCN(c4cccc(Cl)c4Cl)CC3)cc21)C(=O)OCN1C(=O)CCc2ccc(OCCCCN3CCN(c4cccc(Cl)c4Cl)CC3)cc21. The smallest absolute Gasteiger partial charge is 0.411 e. The Balaban J connectivity index is 0.715. The molecule has 4 aromatic rings. The average Bonchev–Trinajstić information content (AvgIpc) is 3.39. The molecule has 0 aliphatic carbocycles. The van der Waals surface area contributed by atoms with Gasteiger partial charge in [0, 0.05) is 90.9 Å². The van der Waals surface area contributed by atoms with Crippen LogP contribution in [0, 0.1) is 0 Å². The highest BCUT2D eigenvalue weighted by Gasteiger charge is 2.29. The average molecular weight is 1070 g/mol. The summed E-state index contributed by atoms with van der Waals surface area (Å²) in [6.07, 6.45) is 4.59. The van der Waals surface area contributed by atoms with Gasteiger partial charge < -0.3 is 33.6 Å². The number of carbonyl (C=O) groups is 4. The molecule has 2 saturated heterocycles. The molecule has 0 saturated carbocycles. The largest absolute Gasteiger partial charge is 0.494 e. The summed E-state index contributed by atoms with van der Waals surface area (Å²) in [7, 11) is 1.51. The molecule has 0 radical (unpaired) electrons. The van der Waals surface area contributed by atoms with E-state index >= 15 is 0 Å². The van der Waals surface area contributed by atoms with Gasteiger partial charge in [0.2, 0.25) is 11.8 Å². The lowest BCUT2D eigenvalue weighted by Crippen LogP contribution is -2.46. The molecule has 19 heteroatoms. The molecule has 0 atom stereocenters. The van der Waals surface area contributed by atoms with Gasteiger partial charge in [0.1, 0.15) is 11.5 Å². The van der Waals surface area contributed by atoms with Crippen LogP contribution in [0.5, 0.6) is 11.5 Å². The molecule has 8 rings (SSSR count). The Labute approximate surface area is 442 Å². The standard InChI is InChI=1S/C53H63Cl4N7O8/c1-58(53(68)72-37-64-47-35-41(17-13-39(47)15-19-49(64)66)70-33-5-3-22-60-26-30-62(31-27-60)45-11-7-9-43(55)52(45)57)23-20-50(67)71-36-63-46-34-40(16-12-38(46)14-18-48(63)65)69-32-4-2-21-59-24-28-61(29-25-59)44-10-6-8-42(54)51(44)56/h6-13,16-17,34-35H,2-5,14-15,18-33,36-37H2,1H3. The van der Waals surface area contributed by atoms with Gasteiger partial charge in [-0.3, -0.25) is 34.0 Å². The lowest BCUT2D eigenvalue weighted by atomic mass is 10.0. The van der Waals surface area contributed by atoms with E-state index in [0.29, 0.717) is 75.4 Å². The van der Waals surface area contributed by atoms with E-state index in [9.17, 15) is 19.2 Å². The summed E-state index contributed by atoms with van der Waals surface area (Å²) in [5, 5.41) is 2.33. The quantitative estimate of drug-likeness (QED) is 0.0583. The predicted molar refractivity (Wildman–Crippen MR) is 284 cm³/mol. The van der Waals surface area contributed by atoms with Crippen molar-refractivity contribution in [1.29, 1.82) is 0 Å². The first-order chi connectivity index (χ1) is 34.9. The van der Waals surface area contributed by atoms with Gasteiger partial charge in [-0.2, -0.15) is 0 Å². The normalized spacial score (nSPS) is 16.3. The molecule has 0 spiro atoms. The monoisotopic (exact) mass is 1070 g/mol.